The Morgan fingerprint density at radius 3 is 2.33 bits per heavy atom. The number of benzene rings is 1. The second-order valence-corrected chi connectivity index (χ2v) is 10.7. The zero-order valence-electron chi connectivity index (χ0n) is 19.0. The number of methoxy groups -OCH3 is 1. The molecular weight excluding hydrogens is 440 g/mol. The van der Waals surface area contributed by atoms with Crippen LogP contribution in [0, 0.1) is 5.92 Å². The van der Waals surface area contributed by atoms with Crippen molar-refractivity contribution in [1.29, 1.82) is 0 Å². The largest absolute Gasteiger partial charge is 0.497 e. The predicted molar refractivity (Wildman–Crippen MR) is 125 cm³/mol. The van der Waals surface area contributed by atoms with Gasteiger partial charge in [-0.1, -0.05) is 6.07 Å². The van der Waals surface area contributed by atoms with Crippen LogP contribution >= 0.6 is 0 Å². The predicted octanol–water partition coefficient (Wildman–Crippen LogP) is 2.27. The molecule has 0 atom stereocenters. The van der Waals surface area contributed by atoms with Crippen LogP contribution in [-0.4, -0.2) is 67.8 Å². The number of carbonyl (C=O) groups excluding carboxylic acids is 1. The van der Waals surface area contributed by atoms with E-state index < -0.39 is 10.0 Å². The lowest BCUT2D eigenvalue weighted by Crippen LogP contribution is -2.48. The van der Waals surface area contributed by atoms with Crippen molar-refractivity contribution in [2.24, 2.45) is 5.92 Å². The summed E-state index contributed by atoms with van der Waals surface area (Å²) in [4.78, 5) is 19.8. The summed E-state index contributed by atoms with van der Waals surface area (Å²) in [7, 11) is -2.01. The van der Waals surface area contributed by atoms with Gasteiger partial charge in [0, 0.05) is 50.9 Å². The van der Waals surface area contributed by atoms with E-state index in [1.54, 1.807) is 31.4 Å². The number of hydrogen-bond acceptors (Lipinski definition) is 6. The fraction of sp³-hybridized carbons (Fsp3) is 0.500. The van der Waals surface area contributed by atoms with Crippen molar-refractivity contribution in [3.8, 4) is 5.75 Å². The molecule has 9 heteroatoms. The third kappa shape index (κ3) is 5.90. The highest BCUT2D eigenvalue weighted by Gasteiger charge is 2.33. The van der Waals surface area contributed by atoms with Crippen LogP contribution in [0.1, 0.15) is 31.4 Å². The van der Waals surface area contributed by atoms with Crippen LogP contribution in [0.25, 0.3) is 0 Å². The molecular formula is C24H32N4O4S. The molecule has 0 aliphatic carbocycles. The SMILES string of the molecule is COc1ccc(S(=O)(=O)N2CCC(C(=O)NC3CCN(Cc4ccccn4)CC3)CC2)cc1. The van der Waals surface area contributed by atoms with Gasteiger partial charge in [-0.3, -0.25) is 14.7 Å². The van der Waals surface area contributed by atoms with Gasteiger partial charge in [0.2, 0.25) is 15.9 Å². The quantitative estimate of drug-likeness (QED) is 0.665. The van der Waals surface area contributed by atoms with Gasteiger partial charge in [-0.2, -0.15) is 4.31 Å². The van der Waals surface area contributed by atoms with Crippen LogP contribution in [0.2, 0.25) is 0 Å². The molecule has 0 saturated carbocycles. The van der Waals surface area contributed by atoms with Gasteiger partial charge in [-0.15, -0.1) is 0 Å². The van der Waals surface area contributed by atoms with Crippen LogP contribution in [0.15, 0.2) is 53.6 Å². The lowest BCUT2D eigenvalue weighted by atomic mass is 9.96. The Morgan fingerprint density at radius 2 is 1.73 bits per heavy atom. The van der Waals surface area contributed by atoms with Crippen molar-refractivity contribution in [2.45, 2.75) is 43.2 Å². The number of aromatic nitrogens is 1. The number of hydrogen-bond donors (Lipinski definition) is 1. The van der Waals surface area contributed by atoms with Crippen LogP contribution in [0.3, 0.4) is 0 Å². The van der Waals surface area contributed by atoms with Crippen molar-refractivity contribution >= 4 is 15.9 Å². The minimum Gasteiger partial charge on any atom is -0.497 e. The minimum atomic E-state index is -3.56. The maximum atomic E-state index is 12.9. The van der Waals surface area contributed by atoms with Crippen LogP contribution in [-0.2, 0) is 21.4 Å². The lowest BCUT2D eigenvalue weighted by Gasteiger charge is -2.34. The van der Waals surface area contributed by atoms with E-state index in [1.165, 1.54) is 4.31 Å². The number of amides is 1. The summed E-state index contributed by atoms with van der Waals surface area (Å²) >= 11 is 0. The number of pyridine rings is 1. The van der Waals surface area contributed by atoms with Gasteiger partial charge in [-0.25, -0.2) is 8.42 Å². The second-order valence-electron chi connectivity index (χ2n) is 8.73. The molecule has 2 fully saturated rings. The molecule has 8 nitrogen and oxygen atoms in total. The highest BCUT2D eigenvalue weighted by Crippen LogP contribution is 2.25. The van der Waals surface area contributed by atoms with E-state index in [4.69, 9.17) is 4.74 Å². The number of ether oxygens (including phenoxy) is 1. The molecule has 4 rings (SSSR count). The summed E-state index contributed by atoms with van der Waals surface area (Å²) in [5.74, 6) is 0.533. The molecule has 1 amide bonds. The van der Waals surface area contributed by atoms with Gasteiger partial charge in [0.05, 0.1) is 17.7 Å². The van der Waals surface area contributed by atoms with E-state index in [0.29, 0.717) is 31.7 Å². The van der Waals surface area contributed by atoms with Crippen LogP contribution < -0.4 is 10.1 Å². The minimum absolute atomic E-state index is 0.0553. The Bertz CT molecular complexity index is 1010. The summed E-state index contributed by atoms with van der Waals surface area (Å²) < 4.78 is 32.4. The second kappa shape index (κ2) is 10.6. The molecule has 33 heavy (non-hydrogen) atoms. The molecule has 2 aliphatic rings. The molecule has 2 saturated heterocycles. The van der Waals surface area contributed by atoms with E-state index >= 15 is 0 Å². The molecule has 0 bridgehead atoms. The normalized spacial score (nSPS) is 19.3. The average molecular weight is 473 g/mol. The van der Waals surface area contributed by atoms with Crippen LogP contribution in [0.5, 0.6) is 5.75 Å². The van der Waals surface area contributed by atoms with E-state index in [1.807, 2.05) is 24.4 Å². The first kappa shape index (κ1) is 23.7. The smallest absolute Gasteiger partial charge is 0.243 e. The topological polar surface area (TPSA) is 91.8 Å². The highest BCUT2D eigenvalue weighted by molar-refractivity contribution is 7.89. The molecule has 178 valence electrons. The standard InChI is InChI=1S/C24H32N4O4S/c1-32-22-5-7-23(8-6-22)33(30,31)28-16-9-19(10-17-28)24(29)26-20-11-14-27(15-12-20)18-21-4-2-3-13-25-21/h2-8,13,19-20H,9-12,14-18H2,1H3,(H,26,29). The maximum Gasteiger partial charge on any atom is 0.243 e. The molecule has 1 aromatic heterocycles. The van der Waals surface area contributed by atoms with Gasteiger partial charge < -0.3 is 10.1 Å². The lowest BCUT2D eigenvalue weighted by molar-refractivity contribution is -0.127. The Kier molecular flexibility index (Phi) is 7.62. The number of nitrogens with one attached hydrogen (secondary N) is 1. The van der Waals surface area contributed by atoms with E-state index in [0.717, 1.165) is 38.2 Å². The van der Waals surface area contributed by atoms with E-state index in [9.17, 15) is 13.2 Å². The Balaban J connectivity index is 1.22. The van der Waals surface area contributed by atoms with Crippen molar-refractivity contribution in [3.63, 3.8) is 0 Å². The maximum absolute atomic E-state index is 12.9. The van der Waals surface area contributed by atoms with Crippen molar-refractivity contribution < 1.29 is 17.9 Å². The first-order valence-corrected chi connectivity index (χ1v) is 13.0. The summed E-state index contributed by atoms with van der Waals surface area (Å²) in [6, 6.07) is 12.6. The molecule has 1 N–H and O–H groups in total. The monoisotopic (exact) mass is 472 g/mol. The highest BCUT2D eigenvalue weighted by atomic mass is 32.2. The number of likely N-dealkylation sites (tertiary alicyclic amines) is 1. The van der Waals surface area contributed by atoms with Crippen LogP contribution in [0.4, 0.5) is 0 Å². The summed E-state index contributed by atoms with van der Waals surface area (Å²) in [5, 5.41) is 3.21. The van der Waals surface area contributed by atoms with Crippen molar-refractivity contribution in [3.05, 3.63) is 54.4 Å². The zero-order chi connectivity index (χ0) is 23.3. The zero-order valence-corrected chi connectivity index (χ0v) is 19.8. The van der Waals surface area contributed by atoms with Gasteiger partial charge in [0.1, 0.15) is 5.75 Å². The Labute approximate surface area is 196 Å². The summed E-state index contributed by atoms with van der Waals surface area (Å²) in [5.41, 5.74) is 1.07. The third-order valence-corrected chi connectivity index (χ3v) is 8.48. The number of nitrogens with zero attached hydrogens (tertiary/aromatic N) is 3. The number of piperidine rings is 2. The van der Waals surface area contributed by atoms with E-state index in [2.05, 4.69) is 15.2 Å². The first-order valence-electron chi connectivity index (χ1n) is 11.5. The summed E-state index contributed by atoms with van der Waals surface area (Å²) in [6.45, 7) is 3.41. The molecule has 0 spiro atoms. The van der Waals surface area contributed by atoms with Gasteiger partial charge in [-0.05, 0) is 62.1 Å². The fourth-order valence-electron chi connectivity index (χ4n) is 4.53. The number of sulfonamides is 1. The third-order valence-electron chi connectivity index (χ3n) is 6.57. The van der Waals surface area contributed by atoms with Gasteiger partial charge in [0.25, 0.3) is 0 Å². The molecule has 0 unspecified atom stereocenters. The Hall–Kier alpha value is -2.49. The van der Waals surface area contributed by atoms with Gasteiger partial charge >= 0.3 is 0 Å². The molecule has 3 heterocycles. The first-order chi connectivity index (χ1) is 16.0. The fourth-order valence-corrected chi connectivity index (χ4v) is 6.00. The molecule has 0 radical (unpaired) electrons. The Morgan fingerprint density at radius 1 is 1.03 bits per heavy atom. The van der Waals surface area contributed by atoms with Gasteiger partial charge in [0.15, 0.2) is 0 Å². The number of carbonyl (C=O) groups is 1. The number of rotatable bonds is 7. The average Bonchev–Trinajstić information content (AvgIpc) is 2.86. The summed E-state index contributed by atoms with van der Waals surface area (Å²) in [6.07, 6.45) is 4.74. The van der Waals surface area contributed by atoms with E-state index in [-0.39, 0.29) is 22.8 Å². The van der Waals surface area contributed by atoms with Crippen molar-refractivity contribution in [1.82, 2.24) is 19.5 Å². The molecule has 2 aliphatic heterocycles. The molecule has 1 aromatic carbocycles. The van der Waals surface area contributed by atoms with Crippen molar-refractivity contribution in [2.75, 3.05) is 33.3 Å². The molecule has 2 aromatic rings.